The lowest BCUT2D eigenvalue weighted by Crippen LogP contribution is -1.96. The Labute approximate surface area is 190 Å². The van der Waals surface area contributed by atoms with E-state index in [2.05, 4.69) is 119 Å². The average molecular weight is 426 g/mol. The van der Waals surface area contributed by atoms with E-state index in [9.17, 15) is 0 Å². The summed E-state index contributed by atoms with van der Waals surface area (Å²) in [5.74, 6) is 2.76. The van der Waals surface area contributed by atoms with Crippen molar-refractivity contribution < 1.29 is 4.42 Å². The third-order valence-electron chi connectivity index (χ3n) is 5.26. The molecule has 0 saturated heterocycles. The normalized spacial score (nSPS) is 13.9. The molecule has 0 amide bonds. The largest absolute Gasteiger partial charge is 0.332 e. The maximum absolute atomic E-state index is 6.15. The number of rotatable bonds is 5. The molecule has 1 aliphatic rings. The first-order valence-electron chi connectivity index (χ1n) is 10.9. The fraction of sp³-hybridized carbons (Fsp3) is 0.207. The number of thioether (sulfide) groups is 1. The van der Waals surface area contributed by atoms with Crippen LogP contribution in [0.1, 0.15) is 67.7 Å². The Bertz CT molecular complexity index is 1050. The molecule has 4 rings (SSSR count). The fourth-order valence-electron chi connectivity index (χ4n) is 3.50. The van der Waals surface area contributed by atoms with E-state index in [1.807, 2.05) is 11.8 Å². The van der Waals surface area contributed by atoms with Gasteiger partial charge in [0.05, 0.1) is 11.8 Å². The van der Waals surface area contributed by atoms with Gasteiger partial charge in [-0.3, -0.25) is 0 Å². The zero-order valence-corrected chi connectivity index (χ0v) is 19.4. The summed E-state index contributed by atoms with van der Waals surface area (Å²) >= 11 is 1.83. The van der Waals surface area contributed by atoms with Gasteiger partial charge < -0.3 is 0 Å². The molecule has 1 nitrogen and oxygen atoms in total. The minimum absolute atomic E-state index is 0.351. The second kappa shape index (κ2) is 9.53. The predicted octanol–water partition coefficient (Wildman–Crippen LogP) is 9.02. The van der Waals surface area contributed by atoms with Gasteiger partial charge in [0.15, 0.2) is 0 Å². The van der Waals surface area contributed by atoms with Crippen molar-refractivity contribution in [3.63, 3.8) is 0 Å². The van der Waals surface area contributed by atoms with Gasteiger partial charge >= 0.3 is 11.5 Å². The van der Waals surface area contributed by atoms with Gasteiger partial charge in [0.2, 0.25) is 0 Å². The van der Waals surface area contributed by atoms with Crippen molar-refractivity contribution in [3.8, 4) is 0 Å². The Morgan fingerprint density at radius 2 is 1.13 bits per heavy atom. The van der Waals surface area contributed by atoms with Crippen LogP contribution in [0.3, 0.4) is 0 Å². The van der Waals surface area contributed by atoms with Gasteiger partial charge in [-0.1, -0.05) is 100 Å². The first-order chi connectivity index (χ1) is 15.0. The highest BCUT2D eigenvalue weighted by molar-refractivity contribution is 8.16. The van der Waals surface area contributed by atoms with Crippen LogP contribution >= 0.6 is 11.8 Å². The molecule has 0 fully saturated rings. The van der Waals surface area contributed by atoms with Gasteiger partial charge in [0.25, 0.3) is 0 Å². The summed E-state index contributed by atoms with van der Waals surface area (Å²) < 4.78 is 6.15. The van der Waals surface area contributed by atoms with Crippen molar-refractivity contribution in [2.75, 3.05) is 0 Å². The third kappa shape index (κ3) is 5.26. The van der Waals surface area contributed by atoms with E-state index in [1.165, 1.54) is 32.1 Å². The Hall–Kier alpha value is -2.84. The van der Waals surface area contributed by atoms with E-state index in [0.717, 1.165) is 11.5 Å². The highest BCUT2D eigenvalue weighted by Crippen LogP contribution is 2.44. The molecular formula is C29H29OS+. The van der Waals surface area contributed by atoms with Crippen LogP contribution < -0.4 is 0 Å². The quantitative estimate of drug-likeness (QED) is 0.378. The minimum atomic E-state index is 0.351. The molecule has 1 aromatic heterocycles. The van der Waals surface area contributed by atoms with Crippen molar-refractivity contribution in [1.29, 1.82) is 0 Å². The minimum Gasteiger partial charge on any atom is -0.217 e. The second-order valence-electron chi connectivity index (χ2n) is 8.50. The highest BCUT2D eigenvalue weighted by Gasteiger charge is 2.21. The molecule has 0 aliphatic carbocycles. The van der Waals surface area contributed by atoms with E-state index in [0.29, 0.717) is 11.8 Å². The average Bonchev–Trinajstić information content (AvgIpc) is 2.79. The molecule has 0 atom stereocenters. The van der Waals surface area contributed by atoms with Gasteiger partial charge in [0, 0.05) is 21.9 Å². The molecule has 3 aromatic rings. The maximum atomic E-state index is 6.15. The van der Waals surface area contributed by atoms with Crippen LogP contribution in [0.4, 0.5) is 0 Å². The summed E-state index contributed by atoms with van der Waals surface area (Å²) in [6.45, 7) is 8.71. The Balaban J connectivity index is 1.82. The van der Waals surface area contributed by atoms with Crippen LogP contribution in [0.15, 0.2) is 94.9 Å². The van der Waals surface area contributed by atoms with Crippen LogP contribution in [0.25, 0.3) is 15.9 Å². The van der Waals surface area contributed by atoms with Gasteiger partial charge in [-0.15, -0.1) is 0 Å². The Morgan fingerprint density at radius 3 is 1.55 bits per heavy atom. The molecule has 0 unspecified atom stereocenters. The van der Waals surface area contributed by atoms with E-state index in [-0.39, 0.29) is 0 Å². The van der Waals surface area contributed by atoms with Crippen LogP contribution in [0.2, 0.25) is 0 Å². The molecule has 2 heterocycles. The predicted molar refractivity (Wildman–Crippen MR) is 136 cm³/mol. The van der Waals surface area contributed by atoms with Crippen molar-refractivity contribution in [3.05, 3.63) is 119 Å². The lowest BCUT2D eigenvalue weighted by molar-refractivity contribution is 0.414. The maximum Gasteiger partial charge on any atom is 0.332 e. The van der Waals surface area contributed by atoms with E-state index in [4.69, 9.17) is 4.42 Å². The summed E-state index contributed by atoms with van der Waals surface area (Å²) in [5.41, 5.74) is 4.88. The molecule has 156 valence electrons. The number of allylic oxidation sites excluding steroid dienone is 3. The summed E-state index contributed by atoms with van der Waals surface area (Å²) in [5, 5.41) is 0. The smallest absolute Gasteiger partial charge is 0.217 e. The van der Waals surface area contributed by atoms with Crippen molar-refractivity contribution >= 4 is 27.6 Å². The third-order valence-corrected chi connectivity index (χ3v) is 6.40. The van der Waals surface area contributed by atoms with Gasteiger partial charge in [-0.05, 0) is 40.5 Å². The number of benzene rings is 2. The molecule has 0 spiro atoms. The summed E-state index contributed by atoms with van der Waals surface area (Å²) in [4.78, 5) is 2.53. The van der Waals surface area contributed by atoms with Crippen molar-refractivity contribution in [2.45, 2.75) is 39.5 Å². The molecule has 2 aromatic carbocycles. The molecule has 0 saturated carbocycles. The summed E-state index contributed by atoms with van der Waals surface area (Å²) in [7, 11) is 0. The second-order valence-corrected chi connectivity index (χ2v) is 9.58. The molecule has 2 heteroatoms. The van der Waals surface area contributed by atoms with Gasteiger partial charge in [0.1, 0.15) is 0 Å². The zero-order valence-electron chi connectivity index (χ0n) is 18.6. The summed E-state index contributed by atoms with van der Waals surface area (Å²) in [6, 6.07) is 25.6. The van der Waals surface area contributed by atoms with Gasteiger partial charge in [-0.2, -0.15) is 0 Å². The topological polar surface area (TPSA) is 11.3 Å². The van der Waals surface area contributed by atoms with Gasteiger partial charge in [-0.25, -0.2) is 4.42 Å². The van der Waals surface area contributed by atoms with Crippen LogP contribution in [-0.4, -0.2) is 0 Å². The lowest BCUT2D eigenvalue weighted by Gasteiger charge is -2.17. The molecular weight excluding hydrogens is 396 g/mol. The van der Waals surface area contributed by atoms with E-state index < -0.39 is 0 Å². The van der Waals surface area contributed by atoms with Crippen molar-refractivity contribution in [1.82, 2.24) is 0 Å². The standard InChI is InChI=1S/C29H29OS/c1-20(2)26-16-22(17-27(30-26)21(3)4)15-23-18-28(24-11-7-5-8-12-24)31-29(19-23)25-13-9-6-10-14-25/h5-21H,1-4H3/q+1. The Morgan fingerprint density at radius 1 is 0.677 bits per heavy atom. The number of hydrogen-bond donors (Lipinski definition) is 0. The highest BCUT2D eigenvalue weighted by atomic mass is 32.2. The summed E-state index contributed by atoms with van der Waals surface area (Å²) in [6.07, 6.45) is 6.86. The van der Waals surface area contributed by atoms with E-state index in [1.54, 1.807) is 0 Å². The Kier molecular flexibility index (Phi) is 6.58. The SMILES string of the molecule is CC(C)c1cc(C=C2C=C(c3ccccc3)SC(c3ccccc3)=C2)cc(C(C)C)[o+]1. The first kappa shape index (κ1) is 21.4. The van der Waals surface area contributed by atoms with E-state index >= 15 is 0 Å². The molecule has 0 radical (unpaired) electrons. The monoisotopic (exact) mass is 425 g/mol. The van der Waals surface area contributed by atoms with Crippen LogP contribution in [0.5, 0.6) is 0 Å². The number of hydrogen-bond acceptors (Lipinski definition) is 1. The lowest BCUT2D eigenvalue weighted by atomic mass is 10.0. The van der Waals surface area contributed by atoms with Crippen LogP contribution in [0, 0.1) is 0 Å². The molecule has 1 aliphatic heterocycles. The molecule has 0 bridgehead atoms. The molecule has 31 heavy (non-hydrogen) atoms. The van der Waals surface area contributed by atoms with Crippen molar-refractivity contribution in [2.24, 2.45) is 0 Å². The first-order valence-corrected chi connectivity index (χ1v) is 11.7. The zero-order chi connectivity index (χ0) is 21.8. The van der Waals surface area contributed by atoms with Crippen LogP contribution in [-0.2, 0) is 0 Å². The fourth-order valence-corrected chi connectivity index (χ4v) is 4.64. The molecule has 0 N–H and O–H groups in total.